The molecule has 0 saturated heterocycles. The highest BCUT2D eigenvalue weighted by Gasteiger charge is 2.05. The molecule has 104 valence electrons. The Balaban J connectivity index is 1.81. The molecule has 3 N–H and O–H groups in total. The standard InChI is InChI=1S/C12H12N4O3S/c17-9(14-8-1-4-13-5-2-8)3-6-20-12-15-10(18)7-11(19)16-12/h1-2,4-5,7H,3,6H2,(H,13,14,17)(H2,15,16,18,19). The first-order valence-corrected chi connectivity index (χ1v) is 6.75. The average Bonchev–Trinajstić information content (AvgIpc) is 2.38. The van der Waals surface area contributed by atoms with Gasteiger partial charge in [-0.1, -0.05) is 11.8 Å². The van der Waals surface area contributed by atoms with Crippen LogP contribution >= 0.6 is 11.8 Å². The summed E-state index contributed by atoms with van der Waals surface area (Å²) in [6.07, 6.45) is 3.43. The Morgan fingerprint density at radius 3 is 2.85 bits per heavy atom. The summed E-state index contributed by atoms with van der Waals surface area (Å²) in [5.74, 6) is -0.0489. The zero-order valence-electron chi connectivity index (χ0n) is 10.4. The average molecular weight is 292 g/mol. The van der Waals surface area contributed by atoms with Crippen LogP contribution in [0.5, 0.6) is 5.88 Å². The van der Waals surface area contributed by atoms with Crippen molar-refractivity contribution in [2.75, 3.05) is 11.1 Å². The zero-order chi connectivity index (χ0) is 14.4. The number of aromatic amines is 1. The smallest absolute Gasteiger partial charge is 0.255 e. The van der Waals surface area contributed by atoms with Crippen LogP contribution in [0.2, 0.25) is 0 Å². The Bertz CT molecular complexity index is 645. The Morgan fingerprint density at radius 1 is 1.40 bits per heavy atom. The van der Waals surface area contributed by atoms with Gasteiger partial charge in [-0.15, -0.1) is 0 Å². The second-order valence-electron chi connectivity index (χ2n) is 3.79. The molecular formula is C12H12N4O3S. The molecule has 8 heteroatoms. The van der Waals surface area contributed by atoms with Gasteiger partial charge in [0.2, 0.25) is 11.8 Å². The molecule has 20 heavy (non-hydrogen) atoms. The van der Waals surface area contributed by atoms with Crippen molar-refractivity contribution in [2.45, 2.75) is 11.6 Å². The topological polar surface area (TPSA) is 108 Å². The lowest BCUT2D eigenvalue weighted by Crippen LogP contribution is -2.12. The van der Waals surface area contributed by atoms with Crippen molar-refractivity contribution in [1.29, 1.82) is 0 Å². The lowest BCUT2D eigenvalue weighted by molar-refractivity contribution is -0.115. The molecule has 0 spiro atoms. The van der Waals surface area contributed by atoms with E-state index < -0.39 is 5.56 Å². The number of rotatable bonds is 5. The van der Waals surface area contributed by atoms with E-state index in [0.717, 1.165) is 6.07 Å². The van der Waals surface area contributed by atoms with Crippen molar-refractivity contribution in [3.05, 3.63) is 40.9 Å². The molecule has 7 nitrogen and oxygen atoms in total. The van der Waals surface area contributed by atoms with Crippen LogP contribution in [0.1, 0.15) is 6.42 Å². The third kappa shape index (κ3) is 4.39. The summed E-state index contributed by atoms with van der Waals surface area (Å²) in [7, 11) is 0. The quantitative estimate of drug-likeness (QED) is 0.560. The number of thioether (sulfide) groups is 1. The molecule has 0 fully saturated rings. The summed E-state index contributed by atoms with van der Waals surface area (Å²) in [5, 5.41) is 12.2. The maximum Gasteiger partial charge on any atom is 0.255 e. The molecule has 2 aromatic heterocycles. The molecule has 0 unspecified atom stereocenters. The molecule has 2 heterocycles. The molecule has 0 aromatic carbocycles. The van der Waals surface area contributed by atoms with E-state index >= 15 is 0 Å². The minimum Gasteiger partial charge on any atom is -0.493 e. The molecule has 0 atom stereocenters. The minimum absolute atomic E-state index is 0.147. The van der Waals surface area contributed by atoms with Gasteiger partial charge < -0.3 is 15.4 Å². The molecule has 2 rings (SSSR count). The number of nitrogens with zero attached hydrogens (tertiary/aromatic N) is 2. The highest BCUT2D eigenvalue weighted by atomic mass is 32.2. The number of carbonyl (C=O) groups excluding carboxylic acids is 1. The van der Waals surface area contributed by atoms with Crippen LogP contribution in [0.4, 0.5) is 5.69 Å². The first kappa shape index (κ1) is 14.1. The number of carbonyl (C=O) groups is 1. The molecular weight excluding hydrogens is 280 g/mol. The van der Waals surface area contributed by atoms with Crippen LogP contribution in [0, 0.1) is 0 Å². The van der Waals surface area contributed by atoms with E-state index in [1.54, 1.807) is 24.5 Å². The molecule has 2 aromatic rings. The van der Waals surface area contributed by atoms with Gasteiger partial charge in [-0.2, -0.15) is 4.98 Å². The lowest BCUT2D eigenvalue weighted by Gasteiger charge is -2.04. The van der Waals surface area contributed by atoms with Gasteiger partial charge in [-0.3, -0.25) is 14.6 Å². The Kier molecular flexibility index (Phi) is 4.72. The fourth-order valence-corrected chi connectivity index (χ4v) is 2.20. The molecule has 0 saturated carbocycles. The first-order chi connectivity index (χ1) is 9.63. The van der Waals surface area contributed by atoms with Crippen molar-refractivity contribution in [2.24, 2.45) is 0 Å². The van der Waals surface area contributed by atoms with Gasteiger partial charge >= 0.3 is 0 Å². The SMILES string of the molecule is O=C(CCSc1nc(O)cc(=O)[nH]1)Nc1ccncc1. The summed E-state index contributed by atoms with van der Waals surface area (Å²) < 4.78 is 0. The summed E-state index contributed by atoms with van der Waals surface area (Å²) in [4.78, 5) is 32.8. The van der Waals surface area contributed by atoms with E-state index in [2.05, 4.69) is 20.3 Å². The van der Waals surface area contributed by atoms with Crippen molar-refractivity contribution in [3.63, 3.8) is 0 Å². The fraction of sp³-hybridized carbons (Fsp3) is 0.167. The number of pyridine rings is 1. The fourth-order valence-electron chi connectivity index (χ4n) is 1.39. The summed E-state index contributed by atoms with van der Waals surface area (Å²) in [6.45, 7) is 0. The van der Waals surface area contributed by atoms with Gasteiger partial charge in [-0.25, -0.2) is 0 Å². The predicted molar refractivity (Wildman–Crippen MR) is 74.7 cm³/mol. The third-order valence-corrected chi connectivity index (χ3v) is 3.11. The zero-order valence-corrected chi connectivity index (χ0v) is 11.2. The molecule has 0 radical (unpaired) electrons. The highest BCUT2D eigenvalue weighted by molar-refractivity contribution is 7.99. The summed E-state index contributed by atoms with van der Waals surface area (Å²) >= 11 is 1.19. The number of hydrogen-bond donors (Lipinski definition) is 3. The van der Waals surface area contributed by atoms with Crippen LogP contribution in [0.15, 0.2) is 40.5 Å². The number of anilines is 1. The van der Waals surface area contributed by atoms with Gasteiger partial charge in [0, 0.05) is 30.3 Å². The van der Waals surface area contributed by atoms with Crippen LogP contribution in [0.25, 0.3) is 0 Å². The second kappa shape index (κ2) is 6.71. The van der Waals surface area contributed by atoms with Gasteiger partial charge in [0.05, 0.1) is 6.07 Å². The highest BCUT2D eigenvalue weighted by Crippen LogP contribution is 2.14. The Hall–Kier alpha value is -2.35. The Morgan fingerprint density at radius 2 is 2.15 bits per heavy atom. The molecule has 1 amide bonds. The lowest BCUT2D eigenvalue weighted by atomic mass is 10.4. The maximum absolute atomic E-state index is 11.6. The number of nitrogens with one attached hydrogen (secondary N) is 2. The van der Waals surface area contributed by atoms with Gasteiger partial charge in [0.25, 0.3) is 5.56 Å². The predicted octanol–water partition coefficient (Wildman–Crippen LogP) is 0.991. The molecule has 0 aliphatic rings. The Labute approximate surface area is 118 Å². The van der Waals surface area contributed by atoms with Crippen molar-refractivity contribution >= 4 is 23.4 Å². The molecule has 0 bridgehead atoms. The van der Waals surface area contributed by atoms with Crippen LogP contribution in [-0.2, 0) is 4.79 Å². The number of H-pyrrole nitrogens is 1. The van der Waals surface area contributed by atoms with E-state index in [1.165, 1.54) is 11.8 Å². The summed E-state index contributed by atoms with van der Waals surface area (Å²) in [6, 6.07) is 4.37. The largest absolute Gasteiger partial charge is 0.493 e. The third-order valence-electron chi connectivity index (χ3n) is 2.24. The van der Waals surface area contributed by atoms with E-state index in [1.807, 2.05) is 0 Å². The van der Waals surface area contributed by atoms with Crippen LogP contribution in [0.3, 0.4) is 0 Å². The number of amides is 1. The minimum atomic E-state index is -0.429. The van der Waals surface area contributed by atoms with E-state index in [-0.39, 0.29) is 23.4 Å². The van der Waals surface area contributed by atoms with Gasteiger partial charge in [0.1, 0.15) is 0 Å². The van der Waals surface area contributed by atoms with Crippen molar-refractivity contribution in [3.8, 4) is 5.88 Å². The summed E-state index contributed by atoms with van der Waals surface area (Å²) in [5.41, 5.74) is 0.250. The molecule has 0 aliphatic carbocycles. The van der Waals surface area contributed by atoms with E-state index in [0.29, 0.717) is 11.4 Å². The number of aromatic hydroxyl groups is 1. The van der Waals surface area contributed by atoms with E-state index in [9.17, 15) is 9.59 Å². The van der Waals surface area contributed by atoms with Crippen LogP contribution in [-0.4, -0.2) is 31.7 Å². The number of hydrogen-bond acceptors (Lipinski definition) is 6. The number of aromatic nitrogens is 3. The van der Waals surface area contributed by atoms with Gasteiger partial charge in [-0.05, 0) is 12.1 Å². The van der Waals surface area contributed by atoms with Crippen LogP contribution < -0.4 is 10.9 Å². The van der Waals surface area contributed by atoms with Crippen molar-refractivity contribution < 1.29 is 9.90 Å². The normalized spacial score (nSPS) is 10.2. The maximum atomic E-state index is 11.6. The van der Waals surface area contributed by atoms with Gasteiger partial charge in [0.15, 0.2) is 5.16 Å². The van der Waals surface area contributed by atoms with Crippen molar-refractivity contribution in [1.82, 2.24) is 15.0 Å². The second-order valence-corrected chi connectivity index (χ2v) is 4.87. The monoisotopic (exact) mass is 292 g/mol. The van der Waals surface area contributed by atoms with E-state index in [4.69, 9.17) is 5.11 Å². The molecule has 0 aliphatic heterocycles. The first-order valence-electron chi connectivity index (χ1n) is 5.76.